The predicted molar refractivity (Wildman–Crippen MR) is 74.9 cm³/mol. The number of para-hydroxylation sites is 1. The molecule has 0 spiro atoms. The van der Waals surface area contributed by atoms with Crippen molar-refractivity contribution in [3.05, 3.63) is 35.9 Å². The molecule has 6 heteroatoms. The van der Waals surface area contributed by atoms with Gasteiger partial charge in [0, 0.05) is 5.39 Å². The molecule has 3 rings (SSSR count). The minimum atomic E-state index is 0.481. The van der Waals surface area contributed by atoms with E-state index in [0.717, 1.165) is 14.9 Å². The second-order valence-corrected chi connectivity index (χ2v) is 6.08. The number of pyridine rings is 1. The standard InChI is InChI=1S/C12H10N4S2/c1-7-6-10(17-12-16-15-11(13)18-12)14-9-5-3-2-4-8(7)9/h2-6H,1H3,(H2,13,15). The Morgan fingerprint density at radius 1 is 1.22 bits per heavy atom. The van der Waals surface area contributed by atoms with E-state index in [1.165, 1.54) is 34.0 Å². The number of anilines is 1. The van der Waals surface area contributed by atoms with E-state index < -0.39 is 0 Å². The molecule has 0 amide bonds. The molecule has 3 aromatic rings. The molecule has 4 nitrogen and oxygen atoms in total. The van der Waals surface area contributed by atoms with Gasteiger partial charge in [-0.3, -0.25) is 0 Å². The van der Waals surface area contributed by atoms with Crippen molar-refractivity contribution in [2.24, 2.45) is 0 Å². The lowest BCUT2D eigenvalue weighted by atomic mass is 10.1. The number of rotatable bonds is 2. The van der Waals surface area contributed by atoms with Crippen molar-refractivity contribution in [3.8, 4) is 0 Å². The topological polar surface area (TPSA) is 64.7 Å². The van der Waals surface area contributed by atoms with Gasteiger partial charge in [0.25, 0.3) is 0 Å². The molecule has 0 bridgehead atoms. The highest BCUT2D eigenvalue weighted by Crippen LogP contribution is 2.31. The Labute approximate surface area is 112 Å². The second-order valence-electron chi connectivity index (χ2n) is 3.80. The van der Waals surface area contributed by atoms with Crippen LogP contribution in [0.3, 0.4) is 0 Å². The number of benzene rings is 1. The predicted octanol–water partition coefficient (Wildman–Crippen LogP) is 3.13. The molecule has 0 aliphatic carbocycles. The van der Waals surface area contributed by atoms with E-state index in [-0.39, 0.29) is 0 Å². The Kier molecular flexibility index (Phi) is 2.89. The Morgan fingerprint density at radius 2 is 2.06 bits per heavy atom. The third-order valence-corrected chi connectivity index (χ3v) is 4.24. The van der Waals surface area contributed by atoms with E-state index in [1.807, 2.05) is 18.2 Å². The molecular weight excluding hydrogens is 264 g/mol. The van der Waals surface area contributed by atoms with E-state index >= 15 is 0 Å². The smallest absolute Gasteiger partial charge is 0.203 e. The second kappa shape index (κ2) is 4.55. The maximum atomic E-state index is 5.56. The van der Waals surface area contributed by atoms with Crippen LogP contribution in [0, 0.1) is 6.92 Å². The third-order valence-electron chi connectivity index (χ3n) is 2.51. The number of fused-ring (bicyclic) bond motifs is 1. The molecule has 0 aliphatic rings. The number of nitrogens with two attached hydrogens (primary N) is 1. The average molecular weight is 274 g/mol. The van der Waals surface area contributed by atoms with E-state index in [9.17, 15) is 0 Å². The minimum Gasteiger partial charge on any atom is -0.374 e. The normalized spacial score (nSPS) is 10.9. The lowest BCUT2D eigenvalue weighted by Gasteiger charge is -2.04. The number of aromatic nitrogens is 3. The molecule has 2 N–H and O–H groups in total. The lowest BCUT2D eigenvalue weighted by molar-refractivity contribution is 1.01. The molecule has 0 unspecified atom stereocenters. The molecular formula is C12H10N4S2. The third kappa shape index (κ3) is 2.16. The summed E-state index contributed by atoms with van der Waals surface area (Å²) in [5.74, 6) is 0. The molecule has 0 fully saturated rings. The van der Waals surface area contributed by atoms with E-state index in [0.29, 0.717) is 5.13 Å². The van der Waals surface area contributed by atoms with Gasteiger partial charge >= 0.3 is 0 Å². The highest BCUT2D eigenvalue weighted by molar-refractivity contribution is 8.01. The van der Waals surface area contributed by atoms with Crippen molar-refractivity contribution in [2.75, 3.05) is 5.73 Å². The molecule has 0 saturated heterocycles. The monoisotopic (exact) mass is 274 g/mol. The summed E-state index contributed by atoms with van der Waals surface area (Å²) in [6.07, 6.45) is 0. The Bertz CT molecular complexity index is 708. The molecule has 0 saturated carbocycles. The lowest BCUT2D eigenvalue weighted by Crippen LogP contribution is -1.86. The van der Waals surface area contributed by atoms with Crippen molar-refractivity contribution in [1.29, 1.82) is 0 Å². The molecule has 90 valence electrons. The summed E-state index contributed by atoms with van der Waals surface area (Å²) >= 11 is 2.86. The molecule has 2 heterocycles. The fourth-order valence-electron chi connectivity index (χ4n) is 1.72. The van der Waals surface area contributed by atoms with Crippen LogP contribution >= 0.6 is 23.1 Å². The van der Waals surface area contributed by atoms with Crippen LogP contribution in [0.4, 0.5) is 5.13 Å². The van der Waals surface area contributed by atoms with Gasteiger partial charge in [-0.1, -0.05) is 29.5 Å². The number of aryl methyl sites for hydroxylation is 1. The van der Waals surface area contributed by atoms with Crippen LogP contribution in [-0.2, 0) is 0 Å². The van der Waals surface area contributed by atoms with Crippen LogP contribution in [-0.4, -0.2) is 15.2 Å². The average Bonchev–Trinajstić information content (AvgIpc) is 2.75. The molecule has 0 aliphatic heterocycles. The first kappa shape index (κ1) is 11.4. The quantitative estimate of drug-likeness (QED) is 0.777. The summed E-state index contributed by atoms with van der Waals surface area (Å²) < 4.78 is 0.815. The maximum absolute atomic E-state index is 5.56. The molecule has 0 atom stereocenters. The molecule has 1 aromatic carbocycles. The fourth-order valence-corrected chi connectivity index (χ4v) is 3.38. The van der Waals surface area contributed by atoms with Crippen molar-refractivity contribution in [2.45, 2.75) is 16.3 Å². The van der Waals surface area contributed by atoms with E-state index in [4.69, 9.17) is 5.73 Å². The zero-order chi connectivity index (χ0) is 12.5. The van der Waals surface area contributed by atoms with Gasteiger partial charge in [-0.25, -0.2) is 4.98 Å². The summed E-state index contributed by atoms with van der Waals surface area (Å²) in [6, 6.07) is 10.2. The Hall–Kier alpha value is -1.66. The summed E-state index contributed by atoms with van der Waals surface area (Å²) in [5.41, 5.74) is 7.77. The number of hydrogen-bond acceptors (Lipinski definition) is 6. The first-order valence-electron chi connectivity index (χ1n) is 5.35. The van der Waals surface area contributed by atoms with Crippen LogP contribution < -0.4 is 5.73 Å². The number of nitrogen functional groups attached to an aromatic ring is 1. The van der Waals surface area contributed by atoms with Crippen molar-refractivity contribution in [1.82, 2.24) is 15.2 Å². The van der Waals surface area contributed by atoms with Crippen molar-refractivity contribution >= 4 is 39.1 Å². The van der Waals surface area contributed by atoms with Crippen molar-refractivity contribution < 1.29 is 0 Å². The first-order chi connectivity index (χ1) is 8.72. The van der Waals surface area contributed by atoms with Gasteiger partial charge in [-0.05, 0) is 36.4 Å². The largest absolute Gasteiger partial charge is 0.374 e. The van der Waals surface area contributed by atoms with Gasteiger partial charge in [0.1, 0.15) is 5.03 Å². The van der Waals surface area contributed by atoms with Crippen LogP contribution in [0.2, 0.25) is 0 Å². The fraction of sp³-hybridized carbons (Fsp3) is 0.0833. The van der Waals surface area contributed by atoms with Crippen LogP contribution in [0.25, 0.3) is 10.9 Å². The molecule has 0 radical (unpaired) electrons. The maximum Gasteiger partial charge on any atom is 0.203 e. The Morgan fingerprint density at radius 3 is 2.83 bits per heavy atom. The SMILES string of the molecule is Cc1cc(Sc2nnc(N)s2)nc2ccccc12. The van der Waals surface area contributed by atoms with Gasteiger partial charge in [-0.15, -0.1) is 10.2 Å². The van der Waals surface area contributed by atoms with Gasteiger partial charge in [0.05, 0.1) is 5.52 Å². The van der Waals surface area contributed by atoms with E-state index in [1.54, 1.807) is 0 Å². The highest BCUT2D eigenvalue weighted by Gasteiger charge is 2.07. The molecule has 18 heavy (non-hydrogen) atoms. The molecule has 2 aromatic heterocycles. The van der Waals surface area contributed by atoms with Crippen molar-refractivity contribution in [3.63, 3.8) is 0 Å². The summed E-state index contributed by atoms with van der Waals surface area (Å²) in [6.45, 7) is 2.09. The van der Waals surface area contributed by atoms with Gasteiger partial charge < -0.3 is 5.73 Å². The zero-order valence-electron chi connectivity index (χ0n) is 9.62. The van der Waals surface area contributed by atoms with Gasteiger partial charge in [0.2, 0.25) is 5.13 Å². The first-order valence-corrected chi connectivity index (χ1v) is 6.99. The Balaban J connectivity index is 2.02. The van der Waals surface area contributed by atoms with Gasteiger partial charge in [0.15, 0.2) is 4.34 Å². The van der Waals surface area contributed by atoms with Crippen LogP contribution in [0.15, 0.2) is 39.7 Å². The summed E-state index contributed by atoms with van der Waals surface area (Å²) in [4.78, 5) is 4.60. The van der Waals surface area contributed by atoms with Crippen LogP contribution in [0.1, 0.15) is 5.56 Å². The number of hydrogen-bond donors (Lipinski definition) is 1. The number of nitrogens with zero attached hydrogens (tertiary/aromatic N) is 3. The van der Waals surface area contributed by atoms with Gasteiger partial charge in [-0.2, -0.15) is 0 Å². The van der Waals surface area contributed by atoms with Crippen LogP contribution in [0.5, 0.6) is 0 Å². The van der Waals surface area contributed by atoms with E-state index in [2.05, 4.69) is 34.2 Å². The summed E-state index contributed by atoms with van der Waals surface area (Å²) in [7, 11) is 0. The summed E-state index contributed by atoms with van der Waals surface area (Å²) in [5, 5.41) is 10.4. The highest BCUT2D eigenvalue weighted by atomic mass is 32.2. The minimum absolute atomic E-state index is 0.481. The zero-order valence-corrected chi connectivity index (χ0v) is 11.3.